The van der Waals surface area contributed by atoms with Crippen LogP contribution in [0.15, 0.2) is 18.2 Å². The van der Waals surface area contributed by atoms with E-state index in [2.05, 4.69) is 22.2 Å². The Kier molecular flexibility index (Phi) is 3.59. The molecule has 1 aromatic heterocycles. The Morgan fingerprint density at radius 3 is 2.90 bits per heavy atom. The summed E-state index contributed by atoms with van der Waals surface area (Å²) < 4.78 is 13.2. The molecule has 0 spiro atoms. The highest BCUT2D eigenvalue weighted by molar-refractivity contribution is 6.18. The fourth-order valence-electron chi connectivity index (χ4n) is 2.90. The molecule has 0 unspecified atom stereocenters. The molecule has 0 amide bonds. The summed E-state index contributed by atoms with van der Waals surface area (Å²) in [5, 5.41) is 3.45. The lowest BCUT2D eigenvalue weighted by molar-refractivity contribution is 0.286. The molecule has 20 heavy (non-hydrogen) atoms. The lowest BCUT2D eigenvalue weighted by Gasteiger charge is -2.38. The normalized spacial score (nSPS) is 26.9. The van der Waals surface area contributed by atoms with Crippen LogP contribution in [-0.4, -0.2) is 21.4 Å². The van der Waals surface area contributed by atoms with Gasteiger partial charge in [-0.05, 0) is 49.8 Å². The van der Waals surface area contributed by atoms with Crippen LogP contribution in [-0.2, 0) is 0 Å². The number of hydrogen-bond acceptors (Lipinski definition) is 2. The Labute approximate surface area is 122 Å². The fraction of sp³-hybridized carbons (Fsp3) is 0.533. The first-order valence-corrected chi connectivity index (χ1v) is 7.63. The van der Waals surface area contributed by atoms with Gasteiger partial charge in [0.2, 0.25) is 5.95 Å². The molecule has 0 atom stereocenters. The van der Waals surface area contributed by atoms with Crippen molar-refractivity contribution < 1.29 is 4.39 Å². The standard InChI is InChI=1S/C15H19ClFN3/c1-10-4-6-15(9-16,7-5-10)20-14-18-12-3-2-11(17)8-13(12)19-14/h2-3,8,10H,4-7,9H2,1H3,(H2,18,19,20). The maximum atomic E-state index is 13.2. The van der Waals surface area contributed by atoms with Crippen LogP contribution >= 0.6 is 11.6 Å². The van der Waals surface area contributed by atoms with Crippen molar-refractivity contribution in [1.29, 1.82) is 0 Å². The topological polar surface area (TPSA) is 40.7 Å². The van der Waals surface area contributed by atoms with Crippen molar-refractivity contribution in [3.63, 3.8) is 0 Å². The number of aromatic nitrogens is 2. The third-order valence-electron chi connectivity index (χ3n) is 4.31. The molecular formula is C15H19ClFN3. The molecule has 0 aliphatic heterocycles. The lowest BCUT2D eigenvalue weighted by atomic mass is 9.78. The second-order valence-corrected chi connectivity index (χ2v) is 6.24. The minimum Gasteiger partial charge on any atom is -0.349 e. The van der Waals surface area contributed by atoms with Crippen molar-refractivity contribution in [2.45, 2.75) is 38.1 Å². The highest BCUT2D eigenvalue weighted by atomic mass is 35.5. The van der Waals surface area contributed by atoms with Gasteiger partial charge in [0.1, 0.15) is 5.82 Å². The van der Waals surface area contributed by atoms with E-state index in [1.54, 1.807) is 6.07 Å². The van der Waals surface area contributed by atoms with Gasteiger partial charge in [0.15, 0.2) is 0 Å². The van der Waals surface area contributed by atoms with Crippen molar-refractivity contribution in [1.82, 2.24) is 9.97 Å². The number of hydrogen-bond donors (Lipinski definition) is 2. The SMILES string of the molecule is CC1CCC(CCl)(Nc2nc3ccc(F)cc3[nH]2)CC1. The number of nitrogens with one attached hydrogen (secondary N) is 2. The molecule has 0 bridgehead atoms. The zero-order valence-electron chi connectivity index (χ0n) is 11.5. The van der Waals surface area contributed by atoms with Crippen LogP contribution in [0.4, 0.5) is 10.3 Å². The summed E-state index contributed by atoms with van der Waals surface area (Å²) >= 11 is 6.19. The van der Waals surface area contributed by atoms with E-state index in [1.807, 2.05) is 0 Å². The van der Waals surface area contributed by atoms with Gasteiger partial charge in [-0.25, -0.2) is 9.37 Å². The number of H-pyrrole nitrogens is 1. The predicted molar refractivity (Wildman–Crippen MR) is 80.8 cm³/mol. The number of imidazole rings is 1. The van der Waals surface area contributed by atoms with E-state index in [0.29, 0.717) is 17.3 Å². The van der Waals surface area contributed by atoms with Crippen LogP contribution in [0.5, 0.6) is 0 Å². The van der Waals surface area contributed by atoms with Gasteiger partial charge in [-0.1, -0.05) is 6.92 Å². The van der Waals surface area contributed by atoms with E-state index in [1.165, 1.54) is 25.0 Å². The van der Waals surface area contributed by atoms with Crippen LogP contribution in [0, 0.1) is 11.7 Å². The molecular weight excluding hydrogens is 277 g/mol. The number of rotatable bonds is 3. The van der Waals surface area contributed by atoms with E-state index in [9.17, 15) is 4.39 Å². The van der Waals surface area contributed by atoms with Gasteiger partial charge in [0.25, 0.3) is 0 Å². The summed E-state index contributed by atoms with van der Waals surface area (Å²) in [7, 11) is 0. The summed E-state index contributed by atoms with van der Waals surface area (Å²) in [6, 6.07) is 4.57. The Hall–Kier alpha value is -1.29. The van der Waals surface area contributed by atoms with Crippen molar-refractivity contribution >= 4 is 28.6 Å². The van der Waals surface area contributed by atoms with Crippen LogP contribution in [0.25, 0.3) is 11.0 Å². The minimum absolute atomic E-state index is 0.0967. The zero-order chi connectivity index (χ0) is 14.2. The second kappa shape index (κ2) is 5.24. The lowest BCUT2D eigenvalue weighted by Crippen LogP contribution is -2.43. The largest absolute Gasteiger partial charge is 0.349 e. The van der Waals surface area contributed by atoms with Gasteiger partial charge in [-0.3, -0.25) is 0 Å². The zero-order valence-corrected chi connectivity index (χ0v) is 12.3. The summed E-state index contributed by atoms with van der Waals surface area (Å²) in [6.45, 7) is 2.28. The van der Waals surface area contributed by atoms with Crippen molar-refractivity contribution in [2.75, 3.05) is 11.2 Å². The highest BCUT2D eigenvalue weighted by Gasteiger charge is 2.34. The summed E-state index contributed by atoms with van der Waals surface area (Å²) in [4.78, 5) is 7.60. The van der Waals surface area contributed by atoms with Crippen molar-refractivity contribution in [3.05, 3.63) is 24.0 Å². The van der Waals surface area contributed by atoms with Gasteiger partial charge in [-0.15, -0.1) is 11.6 Å². The molecule has 1 fully saturated rings. The molecule has 2 N–H and O–H groups in total. The van der Waals surface area contributed by atoms with Gasteiger partial charge >= 0.3 is 0 Å². The summed E-state index contributed by atoms with van der Waals surface area (Å²) in [5.74, 6) is 1.75. The molecule has 1 aromatic carbocycles. The monoisotopic (exact) mass is 295 g/mol. The Bertz CT molecular complexity index is 602. The first-order valence-electron chi connectivity index (χ1n) is 7.10. The number of halogens is 2. The Morgan fingerprint density at radius 1 is 1.45 bits per heavy atom. The quantitative estimate of drug-likeness (QED) is 0.829. The molecule has 0 saturated heterocycles. The van der Waals surface area contributed by atoms with Crippen molar-refractivity contribution in [2.24, 2.45) is 5.92 Å². The van der Waals surface area contributed by atoms with E-state index in [4.69, 9.17) is 11.6 Å². The van der Waals surface area contributed by atoms with E-state index in [0.717, 1.165) is 24.3 Å². The minimum atomic E-state index is -0.258. The average molecular weight is 296 g/mol. The first kappa shape index (κ1) is 13.7. The van der Waals surface area contributed by atoms with Gasteiger partial charge < -0.3 is 10.3 Å². The maximum absolute atomic E-state index is 13.2. The molecule has 108 valence electrons. The van der Waals surface area contributed by atoms with Crippen LogP contribution < -0.4 is 5.32 Å². The number of nitrogens with zero attached hydrogens (tertiary/aromatic N) is 1. The van der Waals surface area contributed by atoms with Crippen LogP contribution in [0.2, 0.25) is 0 Å². The Morgan fingerprint density at radius 2 is 2.20 bits per heavy atom. The molecule has 1 aliphatic carbocycles. The molecule has 2 aromatic rings. The molecule has 1 heterocycles. The summed E-state index contributed by atoms with van der Waals surface area (Å²) in [5.41, 5.74) is 1.38. The van der Waals surface area contributed by atoms with Gasteiger partial charge in [0, 0.05) is 5.88 Å². The molecule has 1 saturated carbocycles. The predicted octanol–water partition coefficient (Wildman–Crippen LogP) is 4.30. The van der Waals surface area contributed by atoms with E-state index >= 15 is 0 Å². The molecule has 3 nitrogen and oxygen atoms in total. The fourth-order valence-corrected chi connectivity index (χ4v) is 3.23. The van der Waals surface area contributed by atoms with E-state index < -0.39 is 0 Å². The number of alkyl halides is 1. The molecule has 0 radical (unpaired) electrons. The van der Waals surface area contributed by atoms with Gasteiger partial charge in [0.05, 0.1) is 16.6 Å². The maximum Gasteiger partial charge on any atom is 0.201 e. The van der Waals surface area contributed by atoms with Crippen LogP contribution in [0.1, 0.15) is 32.6 Å². The highest BCUT2D eigenvalue weighted by Crippen LogP contribution is 2.35. The summed E-state index contributed by atoms with van der Waals surface area (Å²) in [6.07, 6.45) is 4.44. The van der Waals surface area contributed by atoms with E-state index in [-0.39, 0.29) is 11.4 Å². The number of aromatic amines is 1. The average Bonchev–Trinajstić information content (AvgIpc) is 2.83. The number of fused-ring (bicyclic) bond motifs is 1. The van der Waals surface area contributed by atoms with Crippen molar-refractivity contribution in [3.8, 4) is 0 Å². The van der Waals surface area contributed by atoms with Crippen LogP contribution in [0.3, 0.4) is 0 Å². The number of anilines is 1. The first-order chi connectivity index (χ1) is 9.60. The third kappa shape index (κ3) is 2.62. The third-order valence-corrected chi connectivity index (χ3v) is 4.83. The van der Waals surface area contributed by atoms with Gasteiger partial charge in [-0.2, -0.15) is 0 Å². The smallest absolute Gasteiger partial charge is 0.201 e. The number of benzene rings is 1. The molecule has 5 heteroatoms. The molecule has 3 rings (SSSR count). The Balaban J connectivity index is 1.84. The molecule has 1 aliphatic rings. The second-order valence-electron chi connectivity index (χ2n) is 5.97.